The van der Waals surface area contributed by atoms with Crippen LogP contribution < -0.4 is 4.89 Å². The van der Waals surface area contributed by atoms with E-state index >= 15 is 0 Å². The molecule has 0 N–H and O–H groups in total. The van der Waals surface area contributed by atoms with Crippen LogP contribution in [0, 0.1) is 0 Å². The summed E-state index contributed by atoms with van der Waals surface area (Å²) in [6, 6.07) is 0. The van der Waals surface area contributed by atoms with Crippen LogP contribution in [0.4, 0.5) is 0 Å². The standard InChI is InChI=1S/C28H57NO2P/c1-6-8-9-10-11-12-13-14-15-16-17-18-19-20-21-22-23-24-25-27-28(26-7-2,32(30)31)29(3,4)5/h17-18H,6-16,19-27H2,1-5H3/q+1. The molecule has 4 heteroatoms. The average molecular weight is 471 g/mol. The first-order chi connectivity index (χ1) is 15.3. The largest absolute Gasteiger partial charge is 0.590 e. The van der Waals surface area contributed by atoms with Gasteiger partial charge in [-0.2, -0.15) is 0 Å². The number of nitrogens with zero attached hydrogens (tertiary/aromatic N) is 1. The predicted molar refractivity (Wildman–Crippen MR) is 141 cm³/mol. The lowest BCUT2D eigenvalue weighted by atomic mass is 9.99. The van der Waals surface area contributed by atoms with Crippen molar-refractivity contribution in [3.8, 4) is 0 Å². The number of allylic oxidation sites excluding steroid dienone is 2. The molecule has 0 aliphatic rings. The fourth-order valence-electron chi connectivity index (χ4n) is 4.81. The van der Waals surface area contributed by atoms with Crippen LogP contribution in [-0.4, -0.2) is 30.9 Å². The highest BCUT2D eigenvalue weighted by Gasteiger charge is 2.53. The molecule has 0 spiro atoms. The maximum absolute atomic E-state index is 12.1. The summed E-state index contributed by atoms with van der Waals surface area (Å²) >= 11 is 0. The molecule has 0 aromatic rings. The zero-order valence-corrected chi connectivity index (χ0v) is 23.4. The molecule has 0 radical (unpaired) electrons. The smallest absolute Gasteiger partial charge is 0.376 e. The quantitative estimate of drug-likeness (QED) is 0.0647. The fourth-order valence-corrected chi connectivity index (χ4v) is 6.05. The lowest BCUT2D eigenvalue weighted by Crippen LogP contribution is -2.55. The minimum Gasteiger partial charge on any atom is -0.590 e. The molecule has 0 aromatic carbocycles. The van der Waals surface area contributed by atoms with E-state index in [2.05, 4.69) is 26.0 Å². The van der Waals surface area contributed by atoms with Crippen LogP contribution in [-0.2, 0) is 4.57 Å². The van der Waals surface area contributed by atoms with Crippen molar-refractivity contribution in [1.29, 1.82) is 0 Å². The highest BCUT2D eigenvalue weighted by atomic mass is 31.1. The van der Waals surface area contributed by atoms with Gasteiger partial charge in [0.05, 0.1) is 21.1 Å². The highest BCUT2D eigenvalue weighted by molar-refractivity contribution is 7.38. The maximum atomic E-state index is 12.1. The van der Waals surface area contributed by atoms with Crippen molar-refractivity contribution >= 4 is 8.03 Å². The summed E-state index contributed by atoms with van der Waals surface area (Å²) in [6.45, 7) is 4.37. The SMILES string of the molecule is CCCCCCCCCCCC=CCCCCCCCCC(CCC)([P+](=O)[O-])[N+](C)(C)C. The third-order valence-corrected chi connectivity index (χ3v) is 8.80. The van der Waals surface area contributed by atoms with Crippen LogP contribution in [0.2, 0.25) is 0 Å². The van der Waals surface area contributed by atoms with Crippen LogP contribution in [0.3, 0.4) is 0 Å². The molecule has 190 valence electrons. The molecule has 0 aromatic heterocycles. The Bertz CT molecular complexity index is 473. The summed E-state index contributed by atoms with van der Waals surface area (Å²) in [5, 5.41) is -0.594. The summed E-state index contributed by atoms with van der Waals surface area (Å²) in [6.07, 6.45) is 29.7. The average Bonchev–Trinajstić information content (AvgIpc) is 2.73. The second-order valence-corrected chi connectivity index (χ2v) is 12.1. The van der Waals surface area contributed by atoms with Gasteiger partial charge in [0.25, 0.3) is 5.28 Å². The van der Waals surface area contributed by atoms with Gasteiger partial charge < -0.3 is 4.89 Å². The van der Waals surface area contributed by atoms with E-state index in [1.165, 1.54) is 96.3 Å². The molecule has 0 heterocycles. The molecule has 0 rings (SSSR count). The Morgan fingerprint density at radius 1 is 0.625 bits per heavy atom. The molecule has 0 amide bonds. The van der Waals surface area contributed by atoms with Crippen LogP contribution in [0.25, 0.3) is 0 Å². The minimum absolute atomic E-state index is 0.519. The number of hydrogen-bond donors (Lipinski definition) is 0. The van der Waals surface area contributed by atoms with Gasteiger partial charge in [-0.1, -0.05) is 108 Å². The molecule has 3 nitrogen and oxygen atoms in total. The lowest BCUT2D eigenvalue weighted by Gasteiger charge is -2.39. The van der Waals surface area contributed by atoms with Crippen molar-refractivity contribution in [2.24, 2.45) is 0 Å². The minimum atomic E-state index is -2.42. The Hall–Kier alpha value is -0.240. The van der Waals surface area contributed by atoms with Gasteiger partial charge in [0.1, 0.15) is 0 Å². The first-order valence-electron chi connectivity index (χ1n) is 13.9. The van der Waals surface area contributed by atoms with Crippen molar-refractivity contribution < 1.29 is 13.9 Å². The van der Waals surface area contributed by atoms with Crippen molar-refractivity contribution in [2.75, 3.05) is 21.1 Å². The van der Waals surface area contributed by atoms with E-state index in [1.54, 1.807) is 0 Å². The molecule has 2 atom stereocenters. The van der Waals surface area contributed by atoms with Gasteiger partial charge in [0.2, 0.25) is 0 Å². The molecule has 0 saturated heterocycles. The van der Waals surface area contributed by atoms with E-state index < -0.39 is 13.3 Å². The monoisotopic (exact) mass is 470 g/mol. The summed E-state index contributed by atoms with van der Waals surface area (Å²) in [4.78, 5) is 12.1. The summed E-state index contributed by atoms with van der Waals surface area (Å²) in [5.74, 6) is 0. The van der Waals surface area contributed by atoms with Crippen molar-refractivity contribution in [1.82, 2.24) is 0 Å². The molecule has 32 heavy (non-hydrogen) atoms. The van der Waals surface area contributed by atoms with Crippen molar-refractivity contribution in [3.63, 3.8) is 0 Å². The Labute approximate surface area is 202 Å². The first-order valence-corrected chi connectivity index (χ1v) is 15.1. The zero-order valence-electron chi connectivity index (χ0n) is 22.5. The number of unbranched alkanes of at least 4 members (excludes halogenated alkanes) is 15. The van der Waals surface area contributed by atoms with E-state index in [-0.39, 0.29) is 0 Å². The van der Waals surface area contributed by atoms with Gasteiger partial charge in [0, 0.05) is 12.8 Å². The Kier molecular flexibility index (Phi) is 20.0. The highest BCUT2D eigenvalue weighted by Crippen LogP contribution is 2.45. The number of hydrogen-bond acceptors (Lipinski definition) is 2. The van der Waals surface area contributed by atoms with Gasteiger partial charge in [-0.05, 0) is 38.5 Å². The third kappa shape index (κ3) is 14.8. The Balaban J connectivity index is 3.65. The predicted octanol–water partition coefficient (Wildman–Crippen LogP) is 8.89. The van der Waals surface area contributed by atoms with E-state index in [0.717, 1.165) is 32.1 Å². The van der Waals surface area contributed by atoms with Gasteiger partial charge in [-0.15, -0.1) is 0 Å². The second kappa shape index (κ2) is 20.2. The molecule has 0 aliphatic heterocycles. The fraction of sp³-hybridized carbons (Fsp3) is 0.929. The first kappa shape index (κ1) is 31.8. The van der Waals surface area contributed by atoms with E-state index in [0.29, 0.717) is 4.48 Å². The summed E-state index contributed by atoms with van der Waals surface area (Å²) < 4.78 is 12.6. The van der Waals surface area contributed by atoms with E-state index in [1.807, 2.05) is 21.1 Å². The molecular weight excluding hydrogens is 413 g/mol. The van der Waals surface area contributed by atoms with Crippen molar-refractivity contribution in [2.45, 2.75) is 148 Å². The van der Waals surface area contributed by atoms with Crippen molar-refractivity contribution in [3.05, 3.63) is 12.2 Å². The molecular formula is C28H57NO2P+. The van der Waals surface area contributed by atoms with Gasteiger partial charge in [-0.3, -0.25) is 4.48 Å². The summed E-state index contributed by atoms with van der Waals surface area (Å²) in [7, 11) is 3.67. The van der Waals surface area contributed by atoms with E-state index in [4.69, 9.17) is 0 Å². The van der Waals surface area contributed by atoms with E-state index in [9.17, 15) is 9.46 Å². The number of rotatable bonds is 23. The zero-order chi connectivity index (χ0) is 24.1. The third-order valence-electron chi connectivity index (χ3n) is 7.08. The molecule has 0 fully saturated rings. The van der Waals surface area contributed by atoms with Crippen LogP contribution in [0.1, 0.15) is 142 Å². The van der Waals surface area contributed by atoms with Crippen LogP contribution >= 0.6 is 8.03 Å². The van der Waals surface area contributed by atoms with Gasteiger partial charge >= 0.3 is 8.03 Å². The maximum Gasteiger partial charge on any atom is 0.376 e. The molecule has 2 unspecified atom stereocenters. The van der Waals surface area contributed by atoms with Gasteiger partial charge in [-0.25, -0.2) is 0 Å². The lowest BCUT2D eigenvalue weighted by molar-refractivity contribution is -0.910. The Morgan fingerprint density at radius 2 is 1.03 bits per heavy atom. The second-order valence-electron chi connectivity index (χ2n) is 10.8. The molecule has 0 saturated carbocycles. The van der Waals surface area contributed by atoms with Crippen LogP contribution in [0.5, 0.6) is 0 Å². The number of quaternary nitrogens is 1. The van der Waals surface area contributed by atoms with Crippen LogP contribution in [0.15, 0.2) is 12.2 Å². The van der Waals surface area contributed by atoms with Gasteiger partial charge in [0.15, 0.2) is 0 Å². The molecule has 0 bridgehead atoms. The summed E-state index contributed by atoms with van der Waals surface area (Å²) in [5.41, 5.74) is 0. The normalized spacial score (nSPS) is 14.8. The Morgan fingerprint density at radius 3 is 1.41 bits per heavy atom. The molecule has 0 aliphatic carbocycles. The topological polar surface area (TPSA) is 40.1 Å².